The predicted octanol–water partition coefficient (Wildman–Crippen LogP) is 3.18. The van der Waals surface area contributed by atoms with Crippen LogP contribution in [0.2, 0.25) is 0 Å². The molecule has 4 nitrogen and oxygen atoms in total. The van der Waals surface area contributed by atoms with Gasteiger partial charge in [-0.3, -0.25) is 0 Å². The number of hydrogen-bond donors (Lipinski definition) is 3. The third kappa shape index (κ3) is 3.69. The number of urea groups is 1. The molecule has 0 spiro atoms. The molecule has 1 saturated carbocycles. The van der Waals surface area contributed by atoms with Crippen LogP contribution in [0.3, 0.4) is 0 Å². The Bertz CT molecular complexity index is 495. The number of benzene rings is 1. The minimum absolute atomic E-state index is 0.0247. The van der Waals surface area contributed by atoms with Crippen molar-refractivity contribution in [3.63, 3.8) is 0 Å². The van der Waals surface area contributed by atoms with E-state index < -0.39 is 0 Å². The van der Waals surface area contributed by atoms with Crippen molar-refractivity contribution in [2.24, 2.45) is 0 Å². The maximum atomic E-state index is 12.0. The molecule has 2 amide bonds. The van der Waals surface area contributed by atoms with Crippen molar-refractivity contribution >= 4 is 11.7 Å². The van der Waals surface area contributed by atoms with Gasteiger partial charge in [0.15, 0.2) is 0 Å². The van der Waals surface area contributed by atoms with E-state index in [0.29, 0.717) is 12.6 Å². The fraction of sp³-hybridized carbons (Fsp3) is 0.588. The fourth-order valence-corrected chi connectivity index (χ4v) is 3.41. The van der Waals surface area contributed by atoms with Crippen LogP contribution >= 0.6 is 0 Å². The summed E-state index contributed by atoms with van der Waals surface area (Å²) in [6.45, 7) is 1.66. The second kappa shape index (κ2) is 6.83. The maximum Gasteiger partial charge on any atom is 0.315 e. The van der Waals surface area contributed by atoms with Crippen LogP contribution < -0.4 is 16.0 Å². The molecule has 0 aromatic heterocycles. The summed E-state index contributed by atoms with van der Waals surface area (Å²) < 4.78 is 0. The van der Waals surface area contributed by atoms with E-state index in [1.165, 1.54) is 36.1 Å². The number of carbonyl (C=O) groups is 1. The second-order valence-electron chi connectivity index (χ2n) is 6.14. The van der Waals surface area contributed by atoms with Crippen LogP contribution in [-0.2, 0) is 13.0 Å². The summed E-state index contributed by atoms with van der Waals surface area (Å²) in [5.41, 5.74) is 3.83. The SMILES string of the molecule is O=C(NCc1cccc2c1CCCN2)NC1CCCCC1. The van der Waals surface area contributed by atoms with E-state index in [1.807, 2.05) is 0 Å². The highest BCUT2D eigenvalue weighted by Crippen LogP contribution is 2.25. The molecule has 1 aliphatic carbocycles. The van der Waals surface area contributed by atoms with Crippen LogP contribution in [0.5, 0.6) is 0 Å². The minimum atomic E-state index is -0.0247. The van der Waals surface area contributed by atoms with E-state index in [2.05, 4.69) is 34.1 Å². The fourth-order valence-electron chi connectivity index (χ4n) is 3.41. The molecule has 1 heterocycles. The van der Waals surface area contributed by atoms with E-state index >= 15 is 0 Å². The zero-order chi connectivity index (χ0) is 14.5. The van der Waals surface area contributed by atoms with E-state index in [9.17, 15) is 4.79 Å². The Balaban J connectivity index is 1.53. The topological polar surface area (TPSA) is 53.2 Å². The smallest absolute Gasteiger partial charge is 0.315 e. The molecule has 2 aliphatic rings. The Morgan fingerprint density at radius 1 is 1.19 bits per heavy atom. The standard InChI is InChI=1S/C17H25N3O/c21-17(20-14-7-2-1-3-8-14)19-12-13-6-4-10-16-15(13)9-5-11-18-16/h4,6,10,14,18H,1-3,5,7-9,11-12H2,(H2,19,20,21). The van der Waals surface area contributed by atoms with Gasteiger partial charge in [0.1, 0.15) is 0 Å². The van der Waals surface area contributed by atoms with Crippen LogP contribution in [0.1, 0.15) is 49.7 Å². The number of rotatable bonds is 3. The van der Waals surface area contributed by atoms with Crippen LogP contribution in [0.15, 0.2) is 18.2 Å². The van der Waals surface area contributed by atoms with E-state index in [1.54, 1.807) is 0 Å². The van der Waals surface area contributed by atoms with Crippen LogP contribution in [0.25, 0.3) is 0 Å². The lowest BCUT2D eigenvalue weighted by Crippen LogP contribution is -2.42. The predicted molar refractivity (Wildman–Crippen MR) is 85.5 cm³/mol. The average molecular weight is 287 g/mol. The van der Waals surface area contributed by atoms with Gasteiger partial charge in [-0.1, -0.05) is 31.4 Å². The molecule has 3 N–H and O–H groups in total. The minimum Gasteiger partial charge on any atom is -0.385 e. The third-order valence-corrected chi connectivity index (χ3v) is 4.57. The molecule has 1 aromatic carbocycles. The van der Waals surface area contributed by atoms with Crippen molar-refractivity contribution < 1.29 is 4.79 Å². The number of fused-ring (bicyclic) bond motifs is 1. The Labute approximate surface area is 126 Å². The summed E-state index contributed by atoms with van der Waals surface area (Å²) >= 11 is 0. The molecule has 0 bridgehead atoms. The van der Waals surface area contributed by atoms with Crippen molar-refractivity contribution in [1.82, 2.24) is 10.6 Å². The average Bonchev–Trinajstić information content (AvgIpc) is 2.54. The van der Waals surface area contributed by atoms with Crippen molar-refractivity contribution in [2.75, 3.05) is 11.9 Å². The lowest BCUT2D eigenvalue weighted by Gasteiger charge is -2.24. The zero-order valence-corrected chi connectivity index (χ0v) is 12.6. The van der Waals surface area contributed by atoms with Crippen molar-refractivity contribution in [3.05, 3.63) is 29.3 Å². The van der Waals surface area contributed by atoms with Gasteiger partial charge in [-0.15, -0.1) is 0 Å². The zero-order valence-electron chi connectivity index (χ0n) is 12.6. The Morgan fingerprint density at radius 2 is 2.05 bits per heavy atom. The summed E-state index contributed by atoms with van der Waals surface area (Å²) in [7, 11) is 0. The Morgan fingerprint density at radius 3 is 2.90 bits per heavy atom. The Kier molecular flexibility index (Phi) is 4.63. The lowest BCUT2D eigenvalue weighted by molar-refractivity contribution is 0.232. The quantitative estimate of drug-likeness (QED) is 0.800. The molecule has 4 heteroatoms. The molecular weight excluding hydrogens is 262 g/mol. The number of carbonyl (C=O) groups excluding carboxylic acids is 1. The highest BCUT2D eigenvalue weighted by atomic mass is 16.2. The highest BCUT2D eigenvalue weighted by molar-refractivity contribution is 5.74. The summed E-state index contributed by atoms with van der Waals surface area (Å²) in [4.78, 5) is 12.0. The molecule has 0 atom stereocenters. The van der Waals surface area contributed by atoms with Crippen LogP contribution in [0, 0.1) is 0 Å². The lowest BCUT2D eigenvalue weighted by atomic mass is 9.96. The molecule has 21 heavy (non-hydrogen) atoms. The van der Waals surface area contributed by atoms with Crippen LogP contribution in [-0.4, -0.2) is 18.6 Å². The molecule has 0 saturated heterocycles. The third-order valence-electron chi connectivity index (χ3n) is 4.57. The monoisotopic (exact) mass is 287 g/mol. The van der Waals surface area contributed by atoms with Gasteiger partial charge in [-0.2, -0.15) is 0 Å². The van der Waals surface area contributed by atoms with Gasteiger partial charge in [-0.25, -0.2) is 4.79 Å². The van der Waals surface area contributed by atoms with E-state index in [-0.39, 0.29) is 6.03 Å². The summed E-state index contributed by atoms with van der Waals surface area (Å²) in [6, 6.07) is 6.65. The normalized spacial score (nSPS) is 18.5. The van der Waals surface area contributed by atoms with E-state index in [4.69, 9.17) is 0 Å². The first-order chi connectivity index (χ1) is 10.3. The largest absolute Gasteiger partial charge is 0.385 e. The van der Waals surface area contributed by atoms with Crippen molar-refractivity contribution in [2.45, 2.75) is 57.5 Å². The van der Waals surface area contributed by atoms with Gasteiger partial charge >= 0.3 is 6.03 Å². The number of hydrogen-bond acceptors (Lipinski definition) is 2. The van der Waals surface area contributed by atoms with Gasteiger partial charge < -0.3 is 16.0 Å². The molecule has 0 radical (unpaired) electrons. The first-order valence-corrected chi connectivity index (χ1v) is 8.22. The molecule has 1 aromatic rings. The van der Waals surface area contributed by atoms with E-state index in [0.717, 1.165) is 32.2 Å². The summed E-state index contributed by atoms with van der Waals surface area (Å²) in [6.07, 6.45) is 8.30. The number of nitrogens with one attached hydrogen (secondary N) is 3. The second-order valence-corrected chi connectivity index (χ2v) is 6.14. The highest BCUT2D eigenvalue weighted by Gasteiger charge is 2.16. The van der Waals surface area contributed by atoms with Gasteiger partial charge in [0, 0.05) is 24.8 Å². The molecule has 3 rings (SSSR count). The maximum absolute atomic E-state index is 12.0. The van der Waals surface area contributed by atoms with Gasteiger partial charge in [-0.05, 0) is 42.9 Å². The number of anilines is 1. The molecule has 1 fully saturated rings. The first kappa shape index (κ1) is 14.2. The van der Waals surface area contributed by atoms with Gasteiger partial charge in [0.2, 0.25) is 0 Å². The summed E-state index contributed by atoms with van der Waals surface area (Å²) in [5.74, 6) is 0. The Hall–Kier alpha value is -1.71. The first-order valence-electron chi connectivity index (χ1n) is 8.22. The van der Waals surface area contributed by atoms with Crippen molar-refractivity contribution in [1.29, 1.82) is 0 Å². The van der Waals surface area contributed by atoms with Gasteiger partial charge in [0.25, 0.3) is 0 Å². The van der Waals surface area contributed by atoms with Crippen LogP contribution in [0.4, 0.5) is 10.5 Å². The molecule has 1 aliphatic heterocycles. The summed E-state index contributed by atoms with van der Waals surface area (Å²) in [5, 5.41) is 9.55. The number of amides is 2. The molecular formula is C17H25N3O. The van der Waals surface area contributed by atoms with Gasteiger partial charge in [0.05, 0.1) is 0 Å². The molecule has 114 valence electrons. The molecule has 0 unspecified atom stereocenters. The van der Waals surface area contributed by atoms with Crippen molar-refractivity contribution in [3.8, 4) is 0 Å².